The maximum Gasteiger partial charge on any atom is 0.338 e. The van der Waals surface area contributed by atoms with Crippen molar-refractivity contribution in [2.24, 2.45) is 0 Å². The predicted octanol–water partition coefficient (Wildman–Crippen LogP) is 2.17. The number of carbonyl (C=O) groups is 1. The summed E-state index contributed by atoms with van der Waals surface area (Å²) in [5.74, 6) is -0.411. The Bertz CT molecular complexity index is 379. The molecule has 5 heteroatoms. The SMILES string of the molecule is CCOC(=O)c1cccc(S(=O)CCl)c1. The van der Waals surface area contributed by atoms with E-state index in [1.165, 1.54) is 6.07 Å². The lowest BCUT2D eigenvalue weighted by molar-refractivity contribution is 0.0526. The molecule has 0 heterocycles. The summed E-state index contributed by atoms with van der Waals surface area (Å²) in [6.45, 7) is 2.06. The molecule has 0 aliphatic rings. The van der Waals surface area contributed by atoms with Crippen LogP contribution in [0.25, 0.3) is 0 Å². The van der Waals surface area contributed by atoms with Gasteiger partial charge < -0.3 is 4.74 Å². The molecule has 0 N–H and O–H groups in total. The Morgan fingerprint density at radius 2 is 2.27 bits per heavy atom. The number of alkyl halides is 1. The monoisotopic (exact) mass is 246 g/mol. The summed E-state index contributed by atoms with van der Waals surface area (Å²) in [4.78, 5) is 11.9. The summed E-state index contributed by atoms with van der Waals surface area (Å²) in [6.07, 6.45) is 0. The van der Waals surface area contributed by atoms with Crippen molar-refractivity contribution < 1.29 is 13.7 Å². The van der Waals surface area contributed by atoms with Crippen LogP contribution >= 0.6 is 11.6 Å². The van der Waals surface area contributed by atoms with E-state index in [1.807, 2.05) is 0 Å². The maximum absolute atomic E-state index is 11.4. The van der Waals surface area contributed by atoms with Gasteiger partial charge in [-0.2, -0.15) is 0 Å². The first-order valence-corrected chi connectivity index (χ1v) is 6.26. The lowest BCUT2D eigenvalue weighted by atomic mass is 10.2. The van der Waals surface area contributed by atoms with Crippen molar-refractivity contribution in [2.75, 3.05) is 11.8 Å². The number of carbonyl (C=O) groups excluding carboxylic acids is 1. The molecule has 0 aliphatic carbocycles. The summed E-state index contributed by atoms with van der Waals surface area (Å²) in [5, 5.41) is 0.0201. The Morgan fingerprint density at radius 3 is 2.87 bits per heavy atom. The number of ether oxygens (including phenoxy) is 1. The third-order valence-electron chi connectivity index (χ3n) is 1.71. The zero-order chi connectivity index (χ0) is 11.3. The van der Waals surface area contributed by atoms with Crippen molar-refractivity contribution >= 4 is 28.4 Å². The minimum Gasteiger partial charge on any atom is -0.462 e. The minimum absolute atomic E-state index is 0.0201. The van der Waals surface area contributed by atoms with Gasteiger partial charge in [0.05, 0.1) is 23.0 Å². The Morgan fingerprint density at radius 1 is 1.53 bits per heavy atom. The number of benzene rings is 1. The summed E-state index contributed by atoms with van der Waals surface area (Å²) in [6, 6.07) is 6.48. The maximum atomic E-state index is 11.4. The number of esters is 1. The van der Waals surface area contributed by atoms with E-state index in [-0.39, 0.29) is 5.21 Å². The average Bonchev–Trinajstić information content (AvgIpc) is 2.28. The second-order valence-corrected chi connectivity index (χ2v) is 4.74. The molecule has 0 fully saturated rings. The Balaban J connectivity index is 2.92. The normalized spacial score (nSPS) is 12.1. The van der Waals surface area contributed by atoms with Gasteiger partial charge >= 0.3 is 5.97 Å². The Hall–Kier alpha value is -0.870. The van der Waals surface area contributed by atoms with Gasteiger partial charge in [-0.05, 0) is 25.1 Å². The van der Waals surface area contributed by atoms with E-state index in [9.17, 15) is 9.00 Å². The highest BCUT2D eigenvalue weighted by Gasteiger charge is 2.09. The fourth-order valence-electron chi connectivity index (χ4n) is 1.04. The van der Waals surface area contributed by atoms with Crippen molar-refractivity contribution in [3.8, 4) is 0 Å². The van der Waals surface area contributed by atoms with Gasteiger partial charge in [-0.1, -0.05) is 6.07 Å². The number of rotatable bonds is 4. The lowest BCUT2D eigenvalue weighted by Gasteiger charge is -2.03. The molecule has 82 valence electrons. The van der Waals surface area contributed by atoms with Crippen LogP contribution in [0, 0.1) is 0 Å². The van der Waals surface area contributed by atoms with Crippen molar-refractivity contribution in [1.82, 2.24) is 0 Å². The van der Waals surface area contributed by atoms with E-state index in [2.05, 4.69) is 0 Å². The van der Waals surface area contributed by atoms with Gasteiger partial charge in [0.25, 0.3) is 0 Å². The standard InChI is InChI=1S/C10H11ClO3S/c1-2-14-10(12)8-4-3-5-9(6-8)15(13)7-11/h3-6H,2,7H2,1H3. The van der Waals surface area contributed by atoms with Crippen LogP contribution in [0.1, 0.15) is 17.3 Å². The quantitative estimate of drug-likeness (QED) is 0.604. The fourth-order valence-corrected chi connectivity index (χ4v) is 2.03. The van der Waals surface area contributed by atoms with Crippen LogP contribution in [0.15, 0.2) is 29.2 Å². The summed E-state index contributed by atoms with van der Waals surface area (Å²) < 4.78 is 16.2. The van der Waals surface area contributed by atoms with Gasteiger partial charge in [0.2, 0.25) is 0 Å². The molecule has 0 spiro atoms. The topological polar surface area (TPSA) is 43.4 Å². The first-order chi connectivity index (χ1) is 7.19. The number of halogens is 1. The first kappa shape index (κ1) is 12.2. The first-order valence-electron chi connectivity index (χ1n) is 4.40. The van der Waals surface area contributed by atoms with E-state index in [0.29, 0.717) is 17.1 Å². The van der Waals surface area contributed by atoms with Crippen LogP contribution in [0.5, 0.6) is 0 Å². The van der Waals surface area contributed by atoms with Gasteiger partial charge in [-0.3, -0.25) is 4.21 Å². The van der Waals surface area contributed by atoms with Gasteiger partial charge in [0.1, 0.15) is 5.21 Å². The molecule has 1 unspecified atom stereocenters. The molecule has 0 aromatic heterocycles. The molecule has 1 rings (SSSR count). The van der Waals surface area contributed by atoms with Crippen LogP contribution in [0.3, 0.4) is 0 Å². The molecular weight excluding hydrogens is 236 g/mol. The average molecular weight is 247 g/mol. The highest BCUT2D eigenvalue weighted by molar-refractivity contribution is 7.86. The number of hydrogen-bond acceptors (Lipinski definition) is 3. The second kappa shape index (κ2) is 5.88. The molecule has 1 aromatic carbocycles. The van der Waals surface area contributed by atoms with E-state index in [1.54, 1.807) is 25.1 Å². The van der Waals surface area contributed by atoms with Crippen LogP contribution in [-0.4, -0.2) is 22.0 Å². The minimum atomic E-state index is -1.26. The zero-order valence-electron chi connectivity index (χ0n) is 8.23. The molecule has 1 aromatic rings. The van der Waals surface area contributed by atoms with Crippen LogP contribution in [-0.2, 0) is 15.5 Å². The molecule has 3 nitrogen and oxygen atoms in total. The molecule has 1 atom stereocenters. The van der Waals surface area contributed by atoms with Gasteiger partial charge in [-0.25, -0.2) is 4.79 Å². The zero-order valence-corrected chi connectivity index (χ0v) is 9.81. The van der Waals surface area contributed by atoms with Crippen molar-refractivity contribution in [3.63, 3.8) is 0 Å². The molecule has 0 amide bonds. The predicted molar refractivity (Wildman–Crippen MR) is 59.5 cm³/mol. The number of hydrogen-bond donors (Lipinski definition) is 0. The molecule has 0 radical (unpaired) electrons. The summed E-state index contributed by atoms with van der Waals surface area (Å²) >= 11 is 5.46. The Labute approximate surface area is 95.8 Å². The largest absolute Gasteiger partial charge is 0.462 e. The lowest BCUT2D eigenvalue weighted by Crippen LogP contribution is -2.05. The van der Waals surface area contributed by atoms with E-state index in [4.69, 9.17) is 16.3 Å². The third kappa shape index (κ3) is 3.32. The van der Waals surface area contributed by atoms with Gasteiger partial charge in [0.15, 0.2) is 0 Å². The van der Waals surface area contributed by atoms with Gasteiger partial charge in [0, 0.05) is 4.90 Å². The van der Waals surface area contributed by atoms with Crippen LogP contribution in [0.2, 0.25) is 0 Å². The smallest absolute Gasteiger partial charge is 0.338 e. The highest BCUT2D eigenvalue weighted by Crippen LogP contribution is 2.11. The fraction of sp³-hybridized carbons (Fsp3) is 0.300. The summed E-state index contributed by atoms with van der Waals surface area (Å²) in [7, 11) is -1.26. The molecule has 0 saturated carbocycles. The summed E-state index contributed by atoms with van der Waals surface area (Å²) in [5.41, 5.74) is 0.396. The molecule has 0 bridgehead atoms. The van der Waals surface area contributed by atoms with Crippen LogP contribution < -0.4 is 0 Å². The third-order valence-corrected chi connectivity index (χ3v) is 3.28. The Kier molecular flexibility index (Phi) is 4.78. The second-order valence-electron chi connectivity index (χ2n) is 2.70. The van der Waals surface area contributed by atoms with Crippen molar-refractivity contribution in [2.45, 2.75) is 11.8 Å². The van der Waals surface area contributed by atoms with Crippen LogP contribution in [0.4, 0.5) is 0 Å². The molecular formula is C10H11ClO3S. The van der Waals surface area contributed by atoms with E-state index >= 15 is 0 Å². The van der Waals surface area contributed by atoms with Crippen molar-refractivity contribution in [3.05, 3.63) is 29.8 Å². The van der Waals surface area contributed by atoms with Gasteiger partial charge in [-0.15, -0.1) is 11.6 Å². The van der Waals surface area contributed by atoms with E-state index < -0.39 is 16.8 Å². The molecule has 0 saturated heterocycles. The van der Waals surface area contributed by atoms with E-state index in [0.717, 1.165) is 0 Å². The van der Waals surface area contributed by atoms with Crippen molar-refractivity contribution in [1.29, 1.82) is 0 Å². The molecule has 15 heavy (non-hydrogen) atoms. The highest BCUT2D eigenvalue weighted by atomic mass is 35.5. The molecule has 0 aliphatic heterocycles.